The highest BCUT2D eigenvalue weighted by atomic mass is 16.6. The molecule has 264 valence electrons. The van der Waals surface area contributed by atoms with Crippen LogP contribution in [-0.4, -0.2) is 76.9 Å². The molecule has 0 aliphatic heterocycles. The van der Waals surface area contributed by atoms with Crippen LogP contribution in [0.5, 0.6) is 11.5 Å². The maximum Gasteiger partial charge on any atom is 0.347 e. The maximum absolute atomic E-state index is 12.5. The van der Waals surface area contributed by atoms with Crippen LogP contribution in [0.4, 0.5) is 0 Å². The van der Waals surface area contributed by atoms with Crippen molar-refractivity contribution in [3.05, 3.63) is 127 Å². The van der Waals surface area contributed by atoms with Gasteiger partial charge in [0.15, 0.2) is 23.6 Å². The van der Waals surface area contributed by atoms with Gasteiger partial charge < -0.3 is 29.2 Å². The molecule has 0 fully saturated rings. The number of hydrogen-bond acceptors (Lipinski definition) is 10. The summed E-state index contributed by atoms with van der Waals surface area (Å²) < 4.78 is 21.5. The van der Waals surface area contributed by atoms with Gasteiger partial charge in [-0.05, 0) is 41.3 Å². The van der Waals surface area contributed by atoms with Gasteiger partial charge in [0, 0.05) is 17.2 Å². The Bertz CT molecular complexity index is 1940. The monoisotopic (exact) mass is 697 g/mol. The van der Waals surface area contributed by atoms with Crippen molar-refractivity contribution in [1.29, 1.82) is 0 Å². The first-order valence-electron chi connectivity index (χ1n) is 17.0. The molecule has 0 radical (unpaired) electrons. The van der Waals surface area contributed by atoms with Crippen LogP contribution in [-0.2, 0) is 19.0 Å². The molecule has 1 atom stereocenters. The van der Waals surface area contributed by atoms with Gasteiger partial charge in [-0.3, -0.25) is 0 Å². The third-order valence-electron chi connectivity index (χ3n) is 8.07. The predicted molar refractivity (Wildman–Crippen MR) is 198 cm³/mol. The Morgan fingerprint density at radius 2 is 1.04 bits per heavy atom. The van der Waals surface area contributed by atoms with Crippen LogP contribution in [0.1, 0.15) is 6.92 Å². The lowest BCUT2D eigenvalue weighted by molar-refractivity contribution is -0.152. The summed E-state index contributed by atoms with van der Waals surface area (Å²) in [6.45, 7) is 2.66. The minimum Gasteiger partial charge on any atom is -0.507 e. The molecule has 52 heavy (non-hydrogen) atoms. The molecule has 0 saturated carbocycles. The van der Waals surface area contributed by atoms with E-state index in [9.17, 15) is 9.90 Å². The normalized spacial score (nSPS) is 11.6. The number of aliphatic hydroxyl groups is 1. The third kappa shape index (κ3) is 9.43. The summed E-state index contributed by atoms with van der Waals surface area (Å²) >= 11 is 0. The van der Waals surface area contributed by atoms with Gasteiger partial charge in [0.25, 0.3) is 0 Å². The van der Waals surface area contributed by atoms with Crippen LogP contribution in [0.25, 0.3) is 56.4 Å². The molecule has 10 heteroatoms. The molecule has 2 N–H and O–H groups in total. The molecule has 5 aromatic carbocycles. The molecule has 10 nitrogen and oxygen atoms in total. The molecular weight excluding hydrogens is 658 g/mol. The molecule has 0 bridgehead atoms. The molecule has 6 aromatic rings. The second-order valence-electron chi connectivity index (χ2n) is 11.7. The summed E-state index contributed by atoms with van der Waals surface area (Å²) in [6, 6.07) is 40.9. The quantitative estimate of drug-likeness (QED) is 0.0787. The van der Waals surface area contributed by atoms with E-state index in [1.807, 2.05) is 84.9 Å². The molecule has 1 heterocycles. The number of aromatic hydroxyl groups is 1. The Hall–Kier alpha value is -5.94. The molecule has 0 aliphatic rings. The number of aliphatic hydroxyl groups excluding tert-OH is 1. The number of aromatic nitrogens is 3. The first kappa shape index (κ1) is 35.9. The number of phenols is 1. The largest absolute Gasteiger partial charge is 0.507 e. The topological polar surface area (TPSA) is 133 Å². The number of ether oxygens (including phenoxy) is 4. The van der Waals surface area contributed by atoms with Crippen LogP contribution in [0.15, 0.2) is 127 Å². The number of phenolic OH excluding ortho intramolecular Hbond substituents is 1. The zero-order valence-electron chi connectivity index (χ0n) is 28.7. The zero-order chi connectivity index (χ0) is 36.1. The number of rotatable bonds is 16. The number of esters is 1. The van der Waals surface area contributed by atoms with Crippen LogP contribution >= 0.6 is 0 Å². The van der Waals surface area contributed by atoms with Crippen molar-refractivity contribution < 1.29 is 34.0 Å². The fourth-order valence-corrected chi connectivity index (χ4v) is 5.37. The maximum atomic E-state index is 12.5. The molecule has 0 spiro atoms. The average Bonchev–Trinajstić information content (AvgIpc) is 3.19. The van der Waals surface area contributed by atoms with Crippen molar-refractivity contribution in [3.8, 4) is 67.9 Å². The fraction of sp³-hybridized carbons (Fsp3) is 0.190. The fourth-order valence-electron chi connectivity index (χ4n) is 5.37. The van der Waals surface area contributed by atoms with Gasteiger partial charge in [0.2, 0.25) is 0 Å². The van der Waals surface area contributed by atoms with Gasteiger partial charge in [-0.2, -0.15) is 0 Å². The lowest BCUT2D eigenvalue weighted by atomic mass is 10.0. The van der Waals surface area contributed by atoms with Crippen molar-refractivity contribution in [3.63, 3.8) is 0 Å². The molecule has 0 amide bonds. The van der Waals surface area contributed by atoms with Crippen molar-refractivity contribution in [2.24, 2.45) is 0 Å². The van der Waals surface area contributed by atoms with E-state index in [1.165, 1.54) is 6.07 Å². The first-order valence-corrected chi connectivity index (χ1v) is 17.0. The van der Waals surface area contributed by atoms with Gasteiger partial charge in [-0.25, -0.2) is 19.7 Å². The van der Waals surface area contributed by atoms with Crippen molar-refractivity contribution in [2.75, 3.05) is 39.6 Å². The van der Waals surface area contributed by atoms with Crippen LogP contribution in [0.2, 0.25) is 0 Å². The van der Waals surface area contributed by atoms with Crippen LogP contribution in [0, 0.1) is 0 Å². The van der Waals surface area contributed by atoms with Crippen LogP contribution < -0.4 is 4.74 Å². The minimum absolute atomic E-state index is 0.0464. The Morgan fingerprint density at radius 1 is 0.577 bits per heavy atom. The Morgan fingerprint density at radius 3 is 1.56 bits per heavy atom. The van der Waals surface area contributed by atoms with Crippen molar-refractivity contribution in [2.45, 2.75) is 13.0 Å². The first-order chi connectivity index (χ1) is 25.5. The number of hydrogen-bond donors (Lipinski definition) is 2. The standard InChI is InChI=1S/C42H39N3O7/c1-29(42(48)51-27-26-50-25-24-49-23-22-46)52-36-20-21-37(38(47)28-36)41-44-39(34-16-12-32(13-17-34)30-8-4-2-5-9-30)43-40(45-41)35-18-14-33(15-19-35)31-10-6-3-7-11-31/h2-21,28-29,46-47H,22-27H2,1H3. The van der Waals surface area contributed by atoms with E-state index < -0.39 is 12.1 Å². The highest BCUT2D eigenvalue weighted by Crippen LogP contribution is 2.34. The molecule has 0 aliphatic carbocycles. The molecular formula is C42H39N3O7. The lowest BCUT2D eigenvalue weighted by Gasteiger charge is -2.15. The summed E-state index contributed by atoms with van der Waals surface area (Å²) in [4.78, 5) is 26.9. The van der Waals surface area contributed by atoms with E-state index in [-0.39, 0.29) is 43.8 Å². The number of nitrogens with zero attached hydrogens (tertiary/aromatic N) is 3. The van der Waals surface area contributed by atoms with Crippen molar-refractivity contribution >= 4 is 5.97 Å². The molecule has 1 unspecified atom stereocenters. The minimum atomic E-state index is -0.939. The summed E-state index contributed by atoms with van der Waals surface area (Å²) in [7, 11) is 0. The SMILES string of the molecule is CC(Oc1ccc(-c2nc(-c3ccc(-c4ccccc4)cc3)nc(-c3ccc(-c4ccccc4)cc3)n2)c(O)c1)C(=O)OCCOCCOCCO. The third-order valence-corrected chi connectivity index (χ3v) is 8.07. The second-order valence-corrected chi connectivity index (χ2v) is 11.7. The average molecular weight is 698 g/mol. The van der Waals surface area contributed by atoms with Gasteiger partial charge in [-0.1, -0.05) is 109 Å². The number of carbonyl (C=O) groups excluding carboxylic acids is 1. The molecule has 6 rings (SSSR count). The lowest BCUT2D eigenvalue weighted by Crippen LogP contribution is -2.27. The summed E-state index contributed by atoms with van der Waals surface area (Å²) in [5.41, 5.74) is 6.28. The zero-order valence-corrected chi connectivity index (χ0v) is 28.7. The Labute approximate surface area is 302 Å². The summed E-state index contributed by atoms with van der Waals surface area (Å²) in [6.07, 6.45) is -0.939. The van der Waals surface area contributed by atoms with Crippen molar-refractivity contribution in [1.82, 2.24) is 15.0 Å². The predicted octanol–water partition coefficient (Wildman–Crippen LogP) is 7.25. The van der Waals surface area contributed by atoms with E-state index in [0.717, 1.165) is 33.4 Å². The molecule has 0 saturated heterocycles. The van der Waals surface area contributed by atoms with E-state index in [4.69, 9.17) is 39.0 Å². The van der Waals surface area contributed by atoms with Crippen LogP contribution in [0.3, 0.4) is 0 Å². The Balaban J connectivity index is 1.22. The summed E-state index contributed by atoms with van der Waals surface area (Å²) in [5, 5.41) is 19.9. The summed E-state index contributed by atoms with van der Waals surface area (Å²) in [5.74, 6) is 0.737. The smallest absolute Gasteiger partial charge is 0.347 e. The number of carbonyl (C=O) groups is 1. The molecule has 1 aromatic heterocycles. The van der Waals surface area contributed by atoms with E-state index in [1.54, 1.807) is 19.1 Å². The Kier molecular flexibility index (Phi) is 12.3. The highest BCUT2D eigenvalue weighted by molar-refractivity contribution is 5.76. The van der Waals surface area contributed by atoms with E-state index in [0.29, 0.717) is 30.4 Å². The van der Waals surface area contributed by atoms with E-state index in [2.05, 4.69) is 24.3 Å². The van der Waals surface area contributed by atoms with E-state index >= 15 is 0 Å². The van der Waals surface area contributed by atoms with Gasteiger partial charge in [0.05, 0.1) is 38.6 Å². The second kappa shape index (κ2) is 17.8. The van der Waals surface area contributed by atoms with Gasteiger partial charge >= 0.3 is 5.97 Å². The van der Waals surface area contributed by atoms with Gasteiger partial charge in [0.1, 0.15) is 18.1 Å². The highest BCUT2D eigenvalue weighted by Gasteiger charge is 2.19. The van der Waals surface area contributed by atoms with Gasteiger partial charge in [-0.15, -0.1) is 0 Å². The number of benzene rings is 5.